The van der Waals surface area contributed by atoms with Gasteiger partial charge in [-0.25, -0.2) is 4.98 Å². The number of imidazole rings is 1. The van der Waals surface area contributed by atoms with Crippen molar-refractivity contribution >= 4 is 22.2 Å². The zero-order chi connectivity index (χ0) is 17.3. The van der Waals surface area contributed by atoms with Crippen LogP contribution in [0.3, 0.4) is 0 Å². The normalized spacial score (nSPS) is 15.5. The van der Waals surface area contributed by atoms with E-state index in [9.17, 15) is 0 Å². The summed E-state index contributed by atoms with van der Waals surface area (Å²) < 4.78 is 2.14. The second-order valence-corrected chi connectivity index (χ2v) is 7.12. The highest BCUT2D eigenvalue weighted by atomic mass is 15.2. The van der Waals surface area contributed by atoms with Crippen LogP contribution in [0.2, 0.25) is 0 Å². The van der Waals surface area contributed by atoms with Crippen molar-refractivity contribution in [3.8, 4) is 11.3 Å². The number of aromatic nitrogens is 3. The van der Waals surface area contributed by atoms with Crippen LogP contribution in [-0.2, 0) is 0 Å². The molecule has 4 aromatic rings. The fraction of sp³-hybridized carbons (Fsp3) is 0.273. The van der Waals surface area contributed by atoms with Gasteiger partial charge in [0, 0.05) is 24.0 Å². The lowest BCUT2D eigenvalue weighted by Gasteiger charge is -2.24. The quantitative estimate of drug-likeness (QED) is 0.550. The SMILES string of the molecule is c1ccc2c(-c3nc4cnccn4c3NC3CCCCC3)cccc2c1. The third-order valence-corrected chi connectivity index (χ3v) is 5.42. The number of nitrogens with one attached hydrogen (secondary N) is 1. The Morgan fingerprint density at radius 3 is 2.73 bits per heavy atom. The van der Waals surface area contributed by atoms with Gasteiger partial charge in [0.2, 0.25) is 0 Å². The van der Waals surface area contributed by atoms with Crippen LogP contribution in [0.1, 0.15) is 32.1 Å². The van der Waals surface area contributed by atoms with Crippen molar-refractivity contribution in [2.45, 2.75) is 38.1 Å². The standard InChI is InChI=1S/C22H22N4/c1-2-9-17(10-3-1)24-22-21(25-20-15-23-13-14-26(20)22)19-12-6-8-16-7-4-5-11-18(16)19/h4-8,11-15,17,24H,1-3,9-10H2. The van der Waals surface area contributed by atoms with Crippen LogP contribution in [0.25, 0.3) is 27.7 Å². The van der Waals surface area contributed by atoms with Gasteiger partial charge in [0.25, 0.3) is 0 Å². The minimum Gasteiger partial charge on any atom is -0.367 e. The van der Waals surface area contributed by atoms with Gasteiger partial charge < -0.3 is 5.32 Å². The first-order valence-electron chi connectivity index (χ1n) is 9.47. The fourth-order valence-corrected chi connectivity index (χ4v) is 4.10. The van der Waals surface area contributed by atoms with Gasteiger partial charge in [-0.15, -0.1) is 0 Å². The molecule has 0 atom stereocenters. The van der Waals surface area contributed by atoms with Gasteiger partial charge in [-0.3, -0.25) is 9.38 Å². The zero-order valence-corrected chi connectivity index (χ0v) is 14.7. The van der Waals surface area contributed by atoms with E-state index < -0.39 is 0 Å². The minimum atomic E-state index is 0.519. The summed E-state index contributed by atoms with van der Waals surface area (Å²) in [5.41, 5.74) is 3.07. The van der Waals surface area contributed by atoms with Crippen LogP contribution < -0.4 is 5.32 Å². The van der Waals surface area contributed by atoms with Crippen LogP contribution in [0.4, 0.5) is 5.82 Å². The van der Waals surface area contributed by atoms with Crippen LogP contribution in [-0.4, -0.2) is 20.4 Å². The number of benzene rings is 2. The zero-order valence-electron chi connectivity index (χ0n) is 14.7. The molecule has 0 aliphatic heterocycles. The minimum absolute atomic E-state index is 0.519. The molecule has 0 radical (unpaired) electrons. The van der Waals surface area contributed by atoms with Gasteiger partial charge in [0.1, 0.15) is 11.5 Å². The first-order valence-corrected chi connectivity index (χ1v) is 9.47. The number of fused-ring (bicyclic) bond motifs is 2. The highest BCUT2D eigenvalue weighted by molar-refractivity contribution is 5.98. The van der Waals surface area contributed by atoms with E-state index in [1.54, 1.807) is 0 Å². The van der Waals surface area contributed by atoms with Crippen molar-refractivity contribution in [2.75, 3.05) is 5.32 Å². The first-order chi connectivity index (χ1) is 12.9. The van der Waals surface area contributed by atoms with Crippen molar-refractivity contribution in [2.24, 2.45) is 0 Å². The molecule has 1 aliphatic carbocycles. The summed E-state index contributed by atoms with van der Waals surface area (Å²) >= 11 is 0. The monoisotopic (exact) mass is 342 g/mol. The molecule has 1 saturated carbocycles. The lowest BCUT2D eigenvalue weighted by atomic mass is 9.95. The number of anilines is 1. The van der Waals surface area contributed by atoms with E-state index >= 15 is 0 Å². The molecule has 4 nitrogen and oxygen atoms in total. The molecule has 130 valence electrons. The Morgan fingerprint density at radius 1 is 0.962 bits per heavy atom. The molecular formula is C22H22N4. The third kappa shape index (κ3) is 2.62. The Labute approximate surface area is 152 Å². The van der Waals surface area contributed by atoms with E-state index in [1.807, 2.05) is 18.6 Å². The topological polar surface area (TPSA) is 42.2 Å². The lowest BCUT2D eigenvalue weighted by Crippen LogP contribution is -2.23. The molecule has 0 unspecified atom stereocenters. The Hall–Kier alpha value is -2.88. The number of rotatable bonds is 3. The van der Waals surface area contributed by atoms with E-state index in [0.717, 1.165) is 17.2 Å². The Morgan fingerprint density at radius 2 is 1.81 bits per heavy atom. The van der Waals surface area contributed by atoms with Crippen LogP contribution in [0.5, 0.6) is 0 Å². The molecule has 5 rings (SSSR count). The lowest BCUT2D eigenvalue weighted by molar-refractivity contribution is 0.462. The molecule has 1 aliphatic rings. The average molecular weight is 342 g/mol. The van der Waals surface area contributed by atoms with Crippen LogP contribution in [0.15, 0.2) is 61.1 Å². The first kappa shape index (κ1) is 15.4. The maximum absolute atomic E-state index is 4.94. The van der Waals surface area contributed by atoms with Gasteiger partial charge in [-0.1, -0.05) is 61.7 Å². The van der Waals surface area contributed by atoms with E-state index in [2.05, 4.69) is 57.2 Å². The second kappa shape index (κ2) is 6.45. The fourth-order valence-electron chi connectivity index (χ4n) is 4.10. The third-order valence-electron chi connectivity index (χ3n) is 5.42. The van der Waals surface area contributed by atoms with E-state index in [4.69, 9.17) is 4.98 Å². The van der Waals surface area contributed by atoms with Crippen molar-refractivity contribution in [3.63, 3.8) is 0 Å². The van der Waals surface area contributed by atoms with Crippen LogP contribution in [0, 0.1) is 0 Å². The van der Waals surface area contributed by atoms with Gasteiger partial charge >= 0.3 is 0 Å². The highest BCUT2D eigenvalue weighted by Gasteiger charge is 2.20. The summed E-state index contributed by atoms with van der Waals surface area (Å²) in [5.74, 6) is 1.09. The molecule has 2 aromatic carbocycles. The second-order valence-electron chi connectivity index (χ2n) is 7.12. The van der Waals surface area contributed by atoms with Crippen LogP contribution >= 0.6 is 0 Å². The summed E-state index contributed by atoms with van der Waals surface area (Å²) in [7, 11) is 0. The Bertz CT molecular complexity index is 1050. The van der Waals surface area contributed by atoms with Crippen molar-refractivity contribution < 1.29 is 0 Å². The van der Waals surface area contributed by atoms with Gasteiger partial charge in [-0.05, 0) is 23.6 Å². The Balaban J connectivity index is 1.70. The van der Waals surface area contributed by atoms with Crippen molar-refractivity contribution in [1.82, 2.24) is 14.4 Å². The summed E-state index contributed by atoms with van der Waals surface area (Å²) in [6.07, 6.45) is 12.1. The Kier molecular flexibility index (Phi) is 3.81. The number of nitrogens with zero attached hydrogens (tertiary/aromatic N) is 3. The molecule has 0 amide bonds. The van der Waals surface area contributed by atoms with Gasteiger partial charge in [0.15, 0.2) is 5.65 Å². The molecule has 0 bridgehead atoms. The summed E-state index contributed by atoms with van der Waals surface area (Å²) in [6, 6.07) is 15.5. The van der Waals surface area contributed by atoms with Gasteiger partial charge in [0.05, 0.1) is 6.20 Å². The van der Waals surface area contributed by atoms with Crippen molar-refractivity contribution in [1.29, 1.82) is 0 Å². The predicted octanol–water partition coefficient (Wildman–Crippen LogP) is 5.29. The molecule has 0 spiro atoms. The van der Waals surface area contributed by atoms with E-state index in [0.29, 0.717) is 6.04 Å². The molecular weight excluding hydrogens is 320 g/mol. The molecule has 4 heteroatoms. The average Bonchev–Trinajstić information content (AvgIpc) is 3.07. The largest absolute Gasteiger partial charge is 0.367 e. The molecule has 1 N–H and O–H groups in total. The maximum Gasteiger partial charge on any atom is 0.157 e. The van der Waals surface area contributed by atoms with Crippen molar-refractivity contribution in [3.05, 3.63) is 61.1 Å². The maximum atomic E-state index is 4.94. The summed E-state index contributed by atoms with van der Waals surface area (Å²) in [6.45, 7) is 0. The summed E-state index contributed by atoms with van der Waals surface area (Å²) in [4.78, 5) is 9.20. The van der Waals surface area contributed by atoms with E-state index in [1.165, 1.54) is 48.4 Å². The molecule has 26 heavy (non-hydrogen) atoms. The summed E-state index contributed by atoms with van der Waals surface area (Å²) in [5, 5.41) is 6.28. The molecule has 2 aromatic heterocycles. The van der Waals surface area contributed by atoms with E-state index in [-0.39, 0.29) is 0 Å². The van der Waals surface area contributed by atoms with Gasteiger partial charge in [-0.2, -0.15) is 0 Å². The molecule has 0 saturated heterocycles. The predicted molar refractivity (Wildman–Crippen MR) is 106 cm³/mol. The smallest absolute Gasteiger partial charge is 0.157 e. The number of hydrogen-bond donors (Lipinski definition) is 1. The molecule has 1 fully saturated rings. The molecule has 2 heterocycles. The highest BCUT2D eigenvalue weighted by Crippen LogP contribution is 2.35. The number of hydrogen-bond acceptors (Lipinski definition) is 3.